The molecule has 0 aliphatic heterocycles. The number of ether oxygens (including phenoxy) is 1. The van der Waals surface area contributed by atoms with Gasteiger partial charge in [0.15, 0.2) is 12.0 Å². The van der Waals surface area contributed by atoms with Crippen LogP contribution < -0.4 is 0 Å². The maximum absolute atomic E-state index is 10.3. The molecule has 0 amide bonds. The van der Waals surface area contributed by atoms with Gasteiger partial charge in [0.25, 0.3) is 0 Å². The Balaban J connectivity index is 1.65. The predicted molar refractivity (Wildman–Crippen MR) is 51.1 cm³/mol. The third-order valence-corrected chi connectivity index (χ3v) is 2.41. The van der Waals surface area contributed by atoms with Gasteiger partial charge in [-0.15, -0.1) is 0 Å². The summed E-state index contributed by atoms with van der Waals surface area (Å²) >= 11 is 0. The lowest BCUT2D eigenvalue weighted by atomic mass is 10.3. The number of hydrogen-bond acceptors (Lipinski definition) is 3. The Morgan fingerprint density at radius 2 is 2.36 bits per heavy atom. The van der Waals surface area contributed by atoms with Crippen molar-refractivity contribution in [2.24, 2.45) is 5.92 Å². The minimum absolute atomic E-state index is 0.366. The van der Waals surface area contributed by atoms with Gasteiger partial charge in [0.05, 0.1) is 0 Å². The second-order valence-electron chi connectivity index (χ2n) is 3.71. The van der Waals surface area contributed by atoms with Crippen molar-refractivity contribution in [3.05, 3.63) is 23.7 Å². The molecule has 0 atom stereocenters. The number of rotatable bonds is 6. The standard InChI is InChI=1S/C11H14O3/c12-7-10-3-4-11(14-10)8-13-6-5-9-1-2-9/h3-4,7,9H,1-2,5-6,8H2. The van der Waals surface area contributed by atoms with Crippen LogP contribution in [-0.2, 0) is 11.3 Å². The molecule has 0 spiro atoms. The molecule has 0 N–H and O–H groups in total. The van der Waals surface area contributed by atoms with Crippen LogP contribution in [0.2, 0.25) is 0 Å². The van der Waals surface area contributed by atoms with Crippen LogP contribution in [0.3, 0.4) is 0 Å². The summed E-state index contributed by atoms with van der Waals surface area (Å²) in [5, 5.41) is 0. The first-order chi connectivity index (χ1) is 6.88. The highest BCUT2D eigenvalue weighted by Gasteiger charge is 2.20. The number of carbonyl (C=O) groups is 1. The van der Waals surface area contributed by atoms with E-state index >= 15 is 0 Å². The van der Waals surface area contributed by atoms with Gasteiger partial charge < -0.3 is 9.15 Å². The van der Waals surface area contributed by atoms with Gasteiger partial charge in [-0.05, 0) is 24.5 Å². The Labute approximate surface area is 83.0 Å². The highest BCUT2D eigenvalue weighted by Crippen LogP contribution is 2.32. The summed E-state index contributed by atoms with van der Waals surface area (Å²) in [6.45, 7) is 1.27. The molecule has 1 aliphatic carbocycles. The maximum Gasteiger partial charge on any atom is 0.185 e. The van der Waals surface area contributed by atoms with E-state index in [1.165, 1.54) is 12.8 Å². The zero-order chi connectivity index (χ0) is 9.80. The van der Waals surface area contributed by atoms with Gasteiger partial charge in [-0.25, -0.2) is 0 Å². The number of carbonyl (C=O) groups excluding carboxylic acids is 1. The molecule has 1 aromatic rings. The van der Waals surface area contributed by atoms with Gasteiger partial charge in [-0.2, -0.15) is 0 Å². The zero-order valence-electron chi connectivity index (χ0n) is 8.07. The Hall–Kier alpha value is -1.09. The zero-order valence-corrected chi connectivity index (χ0v) is 8.07. The molecular weight excluding hydrogens is 180 g/mol. The van der Waals surface area contributed by atoms with Gasteiger partial charge >= 0.3 is 0 Å². The van der Waals surface area contributed by atoms with Crippen LogP contribution in [-0.4, -0.2) is 12.9 Å². The summed E-state index contributed by atoms with van der Waals surface area (Å²) in [6, 6.07) is 3.44. The van der Waals surface area contributed by atoms with Gasteiger partial charge in [-0.3, -0.25) is 4.79 Å². The van der Waals surface area contributed by atoms with Crippen LogP contribution in [0.1, 0.15) is 35.6 Å². The lowest BCUT2D eigenvalue weighted by molar-refractivity contribution is 0.0975. The molecule has 14 heavy (non-hydrogen) atoms. The molecule has 0 aromatic carbocycles. The molecule has 1 aromatic heterocycles. The van der Waals surface area contributed by atoms with E-state index in [-0.39, 0.29) is 0 Å². The van der Waals surface area contributed by atoms with Crippen molar-refractivity contribution in [2.45, 2.75) is 25.9 Å². The normalized spacial score (nSPS) is 15.7. The third-order valence-electron chi connectivity index (χ3n) is 2.41. The van der Waals surface area contributed by atoms with Crippen LogP contribution in [0, 0.1) is 5.92 Å². The van der Waals surface area contributed by atoms with Crippen LogP contribution >= 0.6 is 0 Å². The minimum atomic E-state index is 0.366. The highest BCUT2D eigenvalue weighted by molar-refractivity contribution is 5.70. The molecule has 1 aliphatic rings. The van der Waals surface area contributed by atoms with Crippen LogP contribution in [0.5, 0.6) is 0 Å². The Morgan fingerprint density at radius 3 is 3.00 bits per heavy atom. The van der Waals surface area contributed by atoms with Crippen molar-refractivity contribution >= 4 is 6.29 Å². The summed E-state index contributed by atoms with van der Waals surface area (Å²) in [6.07, 6.45) is 4.58. The first-order valence-electron chi connectivity index (χ1n) is 5.00. The lowest BCUT2D eigenvalue weighted by Crippen LogP contribution is -1.95. The molecule has 1 fully saturated rings. The first kappa shape index (κ1) is 9.46. The van der Waals surface area contributed by atoms with Gasteiger partial charge in [0.2, 0.25) is 0 Å². The lowest BCUT2D eigenvalue weighted by Gasteiger charge is -2.00. The molecule has 0 unspecified atom stereocenters. The molecule has 3 nitrogen and oxygen atoms in total. The second kappa shape index (κ2) is 4.42. The van der Waals surface area contributed by atoms with Crippen molar-refractivity contribution < 1.29 is 13.9 Å². The van der Waals surface area contributed by atoms with Crippen LogP contribution in [0.25, 0.3) is 0 Å². The summed E-state index contributed by atoms with van der Waals surface area (Å²) in [7, 11) is 0. The fourth-order valence-corrected chi connectivity index (χ4v) is 1.36. The number of hydrogen-bond donors (Lipinski definition) is 0. The average molecular weight is 194 g/mol. The van der Waals surface area contributed by atoms with E-state index in [9.17, 15) is 4.79 Å². The highest BCUT2D eigenvalue weighted by atomic mass is 16.5. The van der Waals surface area contributed by atoms with E-state index in [1.54, 1.807) is 12.1 Å². The summed E-state index contributed by atoms with van der Waals surface area (Å²) in [5.74, 6) is 1.99. The van der Waals surface area contributed by atoms with Crippen LogP contribution in [0.15, 0.2) is 16.5 Å². The van der Waals surface area contributed by atoms with Gasteiger partial charge in [-0.1, -0.05) is 12.8 Å². The van der Waals surface area contributed by atoms with Crippen LogP contribution in [0.4, 0.5) is 0 Å². The predicted octanol–water partition coefficient (Wildman–Crippen LogP) is 2.41. The molecule has 1 heterocycles. The summed E-state index contributed by atoms with van der Waals surface area (Å²) in [5.41, 5.74) is 0. The molecule has 1 saturated carbocycles. The molecule has 0 radical (unpaired) electrons. The van der Waals surface area contributed by atoms with Crippen molar-refractivity contribution in [2.75, 3.05) is 6.61 Å². The molecule has 3 heteroatoms. The maximum atomic E-state index is 10.3. The average Bonchev–Trinajstić information content (AvgIpc) is 2.91. The number of furan rings is 1. The summed E-state index contributed by atoms with van der Waals surface area (Å²) in [4.78, 5) is 10.3. The van der Waals surface area contributed by atoms with Gasteiger partial charge in [0.1, 0.15) is 12.4 Å². The molecule has 0 bridgehead atoms. The minimum Gasteiger partial charge on any atom is -0.456 e. The molecule has 0 saturated heterocycles. The van der Waals surface area contributed by atoms with Crippen molar-refractivity contribution in [1.29, 1.82) is 0 Å². The Kier molecular flexibility index (Phi) is 2.99. The largest absolute Gasteiger partial charge is 0.456 e. The number of aldehydes is 1. The van der Waals surface area contributed by atoms with E-state index < -0.39 is 0 Å². The Bertz CT molecular complexity index is 299. The van der Waals surface area contributed by atoms with E-state index in [2.05, 4.69) is 0 Å². The summed E-state index contributed by atoms with van der Waals surface area (Å²) < 4.78 is 10.6. The molecular formula is C11H14O3. The van der Waals surface area contributed by atoms with E-state index in [0.717, 1.165) is 24.7 Å². The quantitative estimate of drug-likeness (QED) is 0.515. The SMILES string of the molecule is O=Cc1ccc(COCCC2CC2)o1. The van der Waals surface area contributed by atoms with Gasteiger partial charge in [0, 0.05) is 6.61 Å². The first-order valence-corrected chi connectivity index (χ1v) is 5.00. The van der Waals surface area contributed by atoms with Crippen molar-refractivity contribution in [1.82, 2.24) is 0 Å². The van der Waals surface area contributed by atoms with E-state index in [4.69, 9.17) is 9.15 Å². The Morgan fingerprint density at radius 1 is 1.50 bits per heavy atom. The molecule has 76 valence electrons. The van der Waals surface area contributed by atoms with E-state index in [0.29, 0.717) is 18.7 Å². The topological polar surface area (TPSA) is 39.4 Å². The van der Waals surface area contributed by atoms with Crippen molar-refractivity contribution in [3.63, 3.8) is 0 Å². The molecule has 2 rings (SSSR count). The smallest absolute Gasteiger partial charge is 0.185 e. The fraction of sp³-hybridized carbons (Fsp3) is 0.545. The fourth-order valence-electron chi connectivity index (χ4n) is 1.36. The monoisotopic (exact) mass is 194 g/mol. The third kappa shape index (κ3) is 2.70. The van der Waals surface area contributed by atoms with Crippen molar-refractivity contribution in [3.8, 4) is 0 Å². The van der Waals surface area contributed by atoms with E-state index in [1.807, 2.05) is 0 Å². The second-order valence-corrected chi connectivity index (χ2v) is 3.71.